The minimum absolute atomic E-state index is 0.252. The first-order chi connectivity index (χ1) is 13.8. The molecule has 1 aromatic carbocycles. The van der Waals surface area contributed by atoms with Crippen LogP contribution in [0, 0.1) is 20.8 Å². The van der Waals surface area contributed by atoms with Crippen molar-refractivity contribution in [3.63, 3.8) is 0 Å². The Morgan fingerprint density at radius 2 is 1.86 bits per heavy atom. The van der Waals surface area contributed by atoms with Gasteiger partial charge in [-0.25, -0.2) is 4.79 Å². The molecule has 0 aliphatic carbocycles. The largest absolute Gasteiger partial charge is 0.454 e. The molecule has 150 valence electrons. The number of hydrogen-bond acceptors (Lipinski definition) is 4. The second-order valence-electron chi connectivity index (χ2n) is 6.73. The van der Waals surface area contributed by atoms with Gasteiger partial charge in [-0.05, 0) is 45.0 Å². The van der Waals surface area contributed by atoms with Gasteiger partial charge in [0.05, 0.1) is 5.69 Å². The average Bonchev–Trinajstić information content (AvgIpc) is 3.13. The van der Waals surface area contributed by atoms with Gasteiger partial charge in [-0.15, -0.1) is 0 Å². The molecule has 0 radical (unpaired) electrons. The van der Waals surface area contributed by atoms with E-state index in [-0.39, 0.29) is 12.4 Å². The van der Waals surface area contributed by atoms with Crippen molar-refractivity contribution >= 4 is 29.4 Å². The molecule has 0 aliphatic heterocycles. The molecule has 0 saturated carbocycles. The van der Waals surface area contributed by atoms with Crippen molar-refractivity contribution in [3.05, 3.63) is 75.8 Å². The Hall–Kier alpha value is -3.12. The highest BCUT2D eigenvalue weighted by Gasteiger charge is 2.18. The van der Waals surface area contributed by atoms with E-state index in [4.69, 9.17) is 16.3 Å². The minimum atomic E-state index is -0.616. The van der Waals surface area contributed by atoms with Gasteiger partial charge in [0.2, 0.25) is 5.78 Å². The van der Waals surface area contributed by atoms with Crippen molar-refractivity contribution in [1.29, 1.82) is 0 Å². The SMILES string of the molecule is Cc1nn(C)c(Cl)c1/C=C/C(=O)OCC(=O)c1cc(C)n(-c2ccccc2)c1C. The Morgan fingerprint density at radius 3 is 2.48 bits per heavy atom. The fraction of sp³-hybridized carbons (Fsp3) is 0.227. The Balaban J connectivity index is 1.68. The van der Waals surface area contributed by atoms with E-state index in [0.29, 0.717) is 22.0 Å². The van der Waals surface area contributed by atoms with Crippen LogP contribution in [-0.2, 0) is 16.6 Å². The van der Waals surface area contributed by atoms with Crippen molar-refractivity contribution < 1.29 is 14.3 Å². The van der Waals surface area contributed by atoms with Crippen LogP contribution in [0.4, 0.5) is 0 Å². The Morgan fingerprint density at radius 1 is 1.17 bits per heavy atom. The van der Waals surface area contributed by atoms with Gasteiger partial charge >= 0.3 is 5.97 Å². The van der Waals surface area contributed by atoms with Gasteiger partial charge in [0, 0.05) is 41.3 Å². The fourth-order valence-corrected chi connectivity index (χ4v) is 3.51. The summed E-state index contributed by atoms with van der Waals surface area (Å²) >= 11 is 6.13. The van der Waals surface area contributed by atoms with Gasteiger partial charge in [-0.2, -0.15) is 5.10 Å². The van der Waals surface area contributed by atoms with Gasteiger partial charge < -0.3 is 9.30 Å². The Bertz CT molecular complexity index is 1090. The third-order valence-electron chi connectivity index (χ3n) is 4.67. The normalized spacial score (nSPS) is 11.2. The molecule has 3 rings (SSSR count). The lowest BCUT2D eigenvalue weighted by Crippen LogP contribution is -2.13. The van der Waals surface area contributed by atoms with Gasteiger partial charge in [0.15, 0.2) is 6.61 Å². The van der Waals surface area contributed by atoms with Crippen LogP contribution in [0.3, 0.4) is 0 Å². The number of aromatic nitrogens is 3. The van der Waals surface area contributed by atoms with E-state index < -0.39 is 5.97 Å². The average molecular weight is 412 g/mol. The number of carbonyl (C=O) groups excluding carboxylic acids is 2. The second-order valence-corrected chi connectivity index (χ2v) is 7.09. The van der Waals surface area contributed by atoms with E-state index in [1.807, 2.05) is 54.8 Å². The number of carbonyl (C=O) groups is 2. The molecule has 0 aliphatic rings. The van der Waals surface area contributed by atoms with E-state index in [9.17, 15) is 9.59 Å². The number of halogens is 1. The van der Waals surface area contributed by atoms with Crippen molar-refractivity contribution in [2.75, 3.05) is 6.61 Å². The molecule has 6 nitrogen and oxygen atoms in total. The number of esters is 1. The van der Waals surface area contributed by atoms with Crippen LogP contribution in [0.25, 0.3) is 11.8 Å². The molecule has 0 fully saturated rings. The van der Waals surface area contributed by atoms with E-state index in [2.05, 4.69) is 5.10 Å². The smallest absolute Gasteiger partial charge is 0.331 e. The monoisotopic (exact) mass is 411 g/mol. The highest BCUT2D eigenvalue weighted by molar-refractivity contribution is 6.31. The van der Waals surface area contributed by atoms with E-state index >= 15 is 0 Å². The Labute approximate surface area is 174 Å². The number of hydrogen-bond donors (Lipinski definition) is 0. The van der Waals surface area contributed by atoms with Crippen LogP contribution in [0.15, 0.2) is 42.5 Å². The number of ketones is 1. The maximum Gasteiger partial charge on any atom is 0.331 e. The van der Waals surface area contributed by atoms with Crippen LogP contribution in [0.5, 0.6) is 0 Å². The van der Waals surface area contributed by atoms with E-state index in [1.54, 1.807) is 20.0 Å². The summed E-state index contributed by atoms with van der Waals surface area (Å²) in [4.78, 5) is 24.6. The summed E-state index contributed by atoms with van der Waals surface area (Å²) in [5.41, 5.74) is 4.60. The van der Waals surface area contributed by atoms with Crippen LogP contribution < -0.4 is 0 Å². The summed E-state index contributed by atoms with van der Waals surface area (Å²) in [5.74, 6) is -0.868. The lowest BCUT2D eigenvalue weighted by atomic mass is 10.1. The van der Waals surface area contributed by atoms with Gasteiger partial charge in [0.1, 0.15) is 5.15 Å². The summed E-state index contributed by atoms with van der Waals surface area (Å²) in [5, 5.41) is 4.60. The predicted octanol–water partition coefficient (Wildman–Crippen LogP) is 4.23. The fourth-order valence-electron chi connectivity index (χ4n) is 3.27. The maximum absolute atomic E-state index is 12.6. The Kier molecular flexibility index (Phi) is 6.03. The van der Waals surface area contributed by atoms with Crippen LogP contribution in [0.1, 0.15) is 33.0 Å². The standard InChI is InChI=1S/C22H22ClN3O3/c1-14-12-19(16(3)26(14)17-8-6-5-7-9-17)20(27)13-29-21(28)11-10-18-15(2)24-25(4)22(18)23/h5-12H,13H2,1-4H3/b11-10+. The van der Waals surface area contributed by atoms with Crippen molar-refractivity contribution in [1.82, 2.24) is 14.3 Å². The number of Topliss-reactive ketones (excluding diaryl/α,β-unsaturated/α-hetero) is 1. The molecule has 0 bridgehead atoms. The molecule has 2 aromatic heterocycles. The third-order valence-corrected chi connectivity index (χ3v) is 5.12. The summed E-state index contributed by atoms with van der Waals surface area (Å²) in [6, 6.07) is 11.6. The lowest BCUT2D eigenvalue weighted by molar-refractivity contribution is -0.136. The minimum Gasteiger partial charge on any atom is -0.454 e. The van der Waals surface area contributed by atoms with Crippen molar-refractivity contribution in [2.24, 2.45) is 7.05 Å². The predicted molar refractivity (Wildman–Crippen MR) is 113 cm³/mol. The molecule has 29 heavy (non-hydrogen) atoms. The number of benzene rings is 1. The molecule has 0 N–H and O–H groups in total. The molecule has 2 heterocycles. The number of para-hydroxylation sites is 1. The number of ether oxygens (including phenoxy) is 1. The topological polar surface area (TPSA) is 66.1 Å². The molecule has 0 atom stereocenters. The molecular weight excluding hydrogens is 390 g/mol. The lowest BCUT2D eigenvalue weighted by Gasteiger charge is -2.09. The molecule has 0 spiro atoms. The maximum atomic E-state index is 12.6. The number of aryl methyl sites for hydroxylation is 3. The first-order valence-corrected chi connectivity index (χ1v) is 9.49. The zero-order valence-corrected chi connectivity index (χ0v) is 17.5. The van der Waals surface area contributed by atoms with E-state index in [1.165, 1.54) is 10.8 Å². The van der Waals surface area contributed by atoms with E-state index in [0.717, 1.165) is 17.1 Å². The molecule has 0 unspecified atom stereocenters. The van der Waals surface area contributed by atoms with Crippen molar-refractivity contribution in [2.45, 2.75) is 20.8 Å². The zero-order valence-electron chi connectivity index (χ0n) is 16.8. The molecular formula is C22H22ClN3O3. The highest BCUT2D eigenvalue weighted by atomic mass is 35.5. The summed E-state index contributed by atoms with van der Waals surface area (Å²) in [6.07, 6.45) is 2.79. The third kappa shape index (κ3) is 4.32. The van der Waals surface area contributed by atoms with Gasteiger partial charge in [-0.3, -0.25) is 9.48 Å². The molecule has 0 amide bonds. The second kappa shape index (κ2) is 8.49. The summed E-state index contributed by atoms with van der Waals surface area (Å²) < 4.78 is 8.65. The van der Waals surface area contributed by atoms with Crippen LogP contribution in [0.2, 0.25) is 5.15 Å². The van der Waals surface area contributed by atoms with Crippen molar-refractivity contribution in [3.8, 4) is 5.69 Å². The first-order valence-electron chi connectivity index (χ1n) is 9.11. The first kappa shape index (κ1) is 20.6. The number of rotatable bonds is 6. The van der Waals surface area contributed by atoms with Crippen LogP contribution >= 0.6 is 11.6 Å². The number of nitrogens with zero attached hydrogens (tertiary/aromatic N) is 3. The zero-order chi connectivity index (χ0) is 21.1. The van der Waals surface area contributed by atoms with Gasteiger partial charge in [-0.1, -0.05) is 29.8 Å². The summed E-state index contributed by atoms with van der Waals surface area (Å²) in [7, 11) is 1.72. The van der Waals surface area contributed by atoms with Gasteiger partial charge in [0.25, 0.3) is 0 Å². The molecule has 3 aromatic rings. The molecule has 0 saturated heterocycles. The van der Waals surface area contributed by atoms with Crippen LogP contribution in [-0.4, -0.2) is 32.7 Å². The quantitative estimate of drug-likeness (QED) is 0.346. The highest BCUT2D eigenvalue weighted by Crippen LogP contribution is 2.22. The summed E-state index contributed by atoms with van der Waals surface area (Å²) in [6.45, 7) is 5.28. The molecule has 7 heteroatoms.